The second-order valence-electron chi connectivity index (χ2n) is 9.04. The monoisotopic (exact) mass is 454 g/mol. The molecule has 0 amide bonds. The summed E-state index contributed by atoms with van der Waals surface area (Å²) in [5.74, 6) is 1.66. The molecule has 1 heterocycles. The highest BCUT2D eigenvalue weighted by Crippen LogP contribution is 2.35. The first-order chi connectivity index (χ1) is 15.3. The Balaban J connectivity index is 1.50. The predicted octanol–water partition coefficient (Wildman–Crippen LogP) is 4.46. The maximum Gasteiger partial charge on any atom is 0.242 e. The van der Waals surface area contributed by atoms with Crippen molar-refractivity contribution >= 4 is 21.1 Å². The van der Waals surface area contributed by atoms with Crippen LogP contribution in [0.25, 0.3) is 11.0 Å². The summed E-state index contributed by atoms with van der Waals surface area (Å²) in [5, 5.41) is 0. The molecular formula is C25H34N4O2S. The zero-order valence-electron chi connectivity index (χ0n) is 19.5. The summed E-state index contributed by atoms with van der Waals surface area (Å²) in [5.41, 5.74) is 3.19. The van der Waals surface area contributed by atoms with Gasteiger partial charge in [-0.25, -0.2) is 17.7 Å². The summed E-state index contributed by atoms with van der Waals surface area (Å²) < 4.78 is 28.5. The van der Waals surface area contributed by atoms with E-state index in [1.54, 1.807) is 26.2 Å². The molecule has 0 atom stereocenters. The van der Waals surface area contributed by atoms with Crippen molar-refractivity contribution in [3.8, 4) is 0 Å². The number of rotatable bonds is 7. The number of aromatic nitrogens is 2. The fraction of sp³-hybridized carbons (Fsp3) is 0.480. The topological polar surface area (TPSA) is 58.4 Å². The van der Waals surface area contributed by atoms with Gasteiger partial charge in [-0.15, -0.1) is 0 Å². The van der Waals surface area contributed by atoms with Crippen molar-refractivity contribution in [1.82, 2.24) is 18.8 Å². The SMILES string of the molecule is CCn1c(CN(C)C2CCC(c3ccccc3)CC2)nc2cc(S(=O)(=O)N(C)C)ccc21. The lowest BCUT2D eigenvalue weighted by molar-refractivity contribution is 0.170. The molecule has 1 fully saturated rings. The van der Waals surface area contributed by atoms with Crippen LogP contribution in [-0.2, 0) is 23.1 Å². The predicted molar refractivity (Wildman–Crippen MR) is 129 cm³/mol. The molecule has 4 rings (SSSR count). The van der Waals surface area contributed by atoms with Crippen molar-refractivity contribution in [3.63, 3.8) is 0 Å². The summed E-state index contributed by atoms with van der Waals surface area (Å²) in [4.78, 5) is 7.56. The third-order valence-electron chi connectivity index (χ3n) is 6.88. The van der Waals surface area contributed by atoms with E-state index >= 15 is 0 Å². The molecule has 172 valence electrons. The molecule has 1 aromatic heterocycles. The zero-order valence-corrected chi connectivity index (χ0v) is 20.3. The van der Waals surface area contributed by atoms with Crippen LogP contribution in [0.2, 0.25) is 0 Å². The molecule has 0 unspecified atom stereocenters. The van der Waals surface area contributed by atoms with Crippen molar-refractivity contribution in [2.24, 2.45) is 0 Å². The highest BCUT2D eigenvalue weighted by molar-refractivity contribution is 7.89. The average Bonchev–Trinajstić information content (AvgIpc) is 3.15. The molecule has 0 spiro atoms. The van der Waals surface area contributed by atoms with Crippen LogP contribution in [-0.4, -0.2) is 54.4 Å². The number of nitrogens with zero attached hydrogens (tertiary/aromatic N) is 4. The molecule has 0 N–H and O–H groups in total. The normalized spacial score (nSPS) is 19.8. The quantitative estimate of drug-likeness (QED) is 0.529. The van der Waals surface area contributed by atoms with E-state index in [9.17, 15) is 8.42 Å². The number of hydrogen-bond acceptors (Lipinski definition) is 4. The summed E-state index contributed by atoms with van der Waals surface area (Å²) in [6.07, 6.45) is 4.81. The second kappa shape index (κ2) is 9.33. The van der Waals surface area contributed by atoms with Crippen molar-refractivity contribution < 1.29 is 8.42 Å². The van der Waals surface area contributed by atoms with Gasteiger partial charge in [-0.1, -0.05) is 30.3 Å². The average molecular weight is 455 g/mol. The van der Waals surface area contributed by atoms with Gasteiger partial charge in [0.25, 0.3) is 0 Å². The maximum absolute atomic E-state index is 12.5. The molecule has 6 nitrogen and oxygen atoms in total. The van der Waals surface area contributed by atoms with Crippen molar-refractivity contribution in [2.45, 2.75) is 62.6 Å². The van der Waals surface area contributed by atoms with Gasteiger partial charge in [-0.2, -0.15) is 0 Å². The second-order valence-corrected chi connectivity index (χ2v) is 11.2. The van der Waals surface area contributed by atoms with E-state index in [0.29, 0.717) is 12.0 Å². The highest BCUT2D eigenvalue weighted by Gasteiger charge is 2.26. The molecule has 1 aliphatic carbocycles. The number of aryl methyl sites for hydroxylation is 1. The third-order valence-corrected chi connectivity index (χ3v) is 8.69. The minimum atomic E-state index is -3.47. The van der Waals surface area contributed by atoms with Gasteiger partial charge >= 0.3 is 0 Å². The molecule has 32 heavy (non-hydrogen) atoms. The number of benzene rings is 2. The van der Waals surface area contributed by atoms with Crippen LogP contribution in [0, 0.1) is 0 Å². The first kappa shape index (κ1) is 23.0. The Morgan fingerprint density at radius 3 is 2.31 bits per heavy atom. The third kappa shape index (κ3) is 4.47. The molecule has 0 radical (unpaired) electrons. The molecule has 0 saturated heterocycles. The molecule has 3 aromatic rings. The summed E-state index contributed by atoms with van der Waals surface area (Å²) in [7, 11) is 1.82. The van der Waals surface area contributed by atoms with Crippen LogP contribution in [0.5, 0.6) is 0 Å². The Hall–Kier alpha value is -2.22. The number of hydrogen-bond donors (Lipinski definition) is 0. The van der Waals surface area contributed by atoms with E-state index in [2.05, 4.69) is 53.8 Å². The van der Waals surface area contributed by atoms with Gasteiger partial charge in [0, 0.05) is 26.7 Å². The van der Waals surface area contributed by atoms with Gasteiger partial charge in [0.05, 0.1) is 22.5 Å². The Morgan fingerprint density at radius 1 is 1.00 bits per heavy atom. The van der Waals surface area contributed by atoms with Crippen LogP contribution in [0.15, 0.2) is 53.4 Å². The Morgan fingerprint density at radius 2 is 1.69 bits per heavy atom. The zero-order chi connectivity index (χ0) is 22.9. The highest BCUT2D eigenvalue weighted by atomic mass is 32.2. The fourth-order valence-electron chi connectivity index (χ4n) is 4.93. The van der Waals surface area contributed by atoms with E-state index in [0.717, 1.165) is 29.9 Å². The van der Waals surface area contributed by atoms with Gasteiger partial charge in [0.2, 0.25) is 10.0 Å². The Kier molecular flexibility index (Phi) is 6.70. The largest absolute Gasteiger partial charge is 0.327 e. The Bertz CT molecular complexity index is 1160. The number of sulfonamides is 1. The van der Waals surface area contributed by atoms with Crippen LogP contribution in [0.4, 0.5) is 0 Å². The first-order valence-electron chi connectivity index (χ1n) is 11.5. The van der Waals surface area contributed by atoms with Crippen LogP contribution in [0.3, 0.4) is 0 Å². The fourth-order valence-corrected chi connectivity index (χ4v) is 5.85. The molecule has 1 saturated carbocycles. The minimum Gasteiger partial charge on any atom is -0.327 e. The lowest BCUT2D eigenvalue weighted by Crippen LogP contribution is -2.35. The van der Waals surface area contributed by atoms with E-state index in [1.807, 2.05) is 6.07 Å². The standard InChI is InChI=1S/C25H34N4O2S/c1-5-29-24-16-15-22(32(30,31)27(2)3)17-23(24)26-25(29)18-28(4)21-13-11-20(12-14-21)19-9-7-6-8-10-19/h6-10,15-17,20-21H,5,11-14,18H2,1-4H3. The molecule has 0 aliphatic heterocycles. The van der Waals surface area contributed by atoms with Gasteiger partial charge in [0.15, 0.2) is 0 Å². The molecule has 1 aliphatic rings. The smallest absolute Gasteiger partial charge is 0.242 e. The lowest BCUT2D eigenvalue weighted by atomic mass is 9.81. The van der Waals surface area contributed by atoms with Crippen LogP contribution < -0.4 is 0 Å². The number of fused-ring (bicyclic) bond motifs is 1. The van der Waals surface area contributed by atoms with Crippen molar-refractivity contribution in [1.29, 1.82) is 0 Å². The van der Waals surface area contributed by atoms with E-state index in [4.69, 9.17) is 4.98 Å². The van der Waals surface area contributed by atoms with Gasteiger partial charge in [0.1, 0.15) is 5.82 Å². The molecular weight excluding hydrogens is 420 g/mol. The Labute approximate surface area is 191 Å². The summed E-state index contributed by atoms with van der Waals surface area (Å²) in [6, 6.07) is 16.7. The summed E-state index contributed by atoms with van der Waals surface area (Å²) in [6.45, 7) is 3.68. The van der Waals surface area contributed by atoms with Gasteiger partial charge < -0.3 is 4.57 Å². The van der Waals surface area contributed by atoms with Gasteiger partial charge in [-0.3, -0.25) is 4.90 Å². The maximum atomic E-state index is 12.5. The van der Waals surface area contributed by atoms with Crippen LogP contribution in [0.1, 0.15) is 49.9 Å². The molecule has 2 aromatic carbocycles. The lowest BCUT2D eigenvalue weighted by Gasteiger charge is -2.34. The van der Waals surface area contributed by atoms with Gasteiger partial charge in [-0.05, 0) is 69.3 Å². The molecule has 7 heteroatoms. The summed E-state index contributed by atoms with van der Waals surface area (Å²) >= 11 is 0. The van der Waals surface area contributed by atoms with Crippen LogP contribution >= 0.6 is 0 Å². The van der Waals surface area contributed by atoms with E-state index in [-0.39, 0.29) is 4.90 Å². The molecule has 0 bridgehead atoms. The minimum absolute atomic E-state index is 0.287. The van der Waals surface area contributed by atoms with Crippen molar-refractivity contribution in [2.75, 3.05) is 21.1 Å². The van der Waals surface area contributed by atoms with E-state index < -0.39 is 10.0 Å². The number of imidazole rings is 1. The first-order valence-corrected chi connectivity index (χ1v) is 12.9. The van der Waals surface area contributed by atoms with E-state index in [1.165, 1.54) is 35.6 Å². The van der Waals surface area contributed by atoms with Crippen molar-refractivity contribution in [3.05, 3.63) is 59.9 Å².